The smallest absolute Gasteiger partial charge is 0.316 e. The normalized spacial score (nSPS) is 10.8. The van der Waals surface area contributed by atoms with Crippen molar-refractivity contribution in [2.45, 2.75) is 116 Å². The maximum absolute atomic E-state index is 12.2. The second-order valence-corrected chi connectivity index (χ2v) is 11.3. The molecule has 2 aromatic carbocycles. The molecule has 0 atom stereocenters. The molecule has 8 nitrogen and oxygen atoms in total. The van der Waals surface area contributed by atoms with Gasteiger partial charge in [-0.15, -0.1) is 0 Å². The van der Waals surface area contributed by atoms with E-state index in [9.17, 15) is 14.7 Å². The first-order valence-electron chi connectivity index (χ1n) is 16.5. The molecule has 2 aromatic rings. The van der Waals surface area contributed by atoms with Gasteiger partial charge in [-0.05, 0) is 67.8 Å². The Morgan fingerprint density at radius 3 is 1.77 bits per heavy atom. The number of nitrogens with two attached hydrogens (primary N) is 1. The summed E-state index contributed by atoms with van der Waals surface area (Å²) in [5.74, 6) is 2.42. The minimum atomic E-state index is -0.471. The Morgan fingerprint density at radius 2 is 1.19 bits per heavy atom. The lowest BCUT2D eigenvalue weighted by atomic mass is 10.1. The van der Waals surface area contributed by atoms with E-state index in [-0.39, 0.29) is 18.3 Å². The molecule has 3 amide bonds. The summed E-state index contributed by atoms with van der Waals surface area (Å²) in [4.78, 5) is 25.4. The van der Waals surface area contributed by atoms with E-state index in [0.29, 0.717) is 25.3 Å². The number of carbonyl (C=O) groups excluding carboxylic acids is 2. The Labute approximate surface area is 259 Å². The topological polar surface area (TPSA) is 114 Å². The van der Waals surface area contributed by atoms with Crippen molar-refractivity contribution < 1.29 is 24.2 Å². The zero-order chi connectivity index (χ0) is 31.0. The number of urea groups is 1. The fourth-order valence-electron chi connectivity index (χ4n) is 4.87. The number of primary amides is 1. The molecule has 0 aliphatic heterocycles. The molecular formula is C35H55N3O5. The van der Waals surface area contributed by atoms with Gasteiger partial charge in [0, 0.05) is 13.0 Å². The van der Waals surface area contributed by atoms with Crippen molar-refractivity contribution in [3.05, 3.63) is 48.5 Å². The number of nitrogens with one attached hydrogen (secondary N) is 1. The number of phenols is 1. The predicted octanol–water partition coefficient (Wildman–Crippen LogP) is 8.67. The SMILES string of the molecule is CCCCCCCCCCN(CNC(=O)CCCCCCCCCCOc1ccc(Oc2ccc(O)cc2)cc1)C(N)=O. The molecule has 0 bridgehead atoms. The van der Waals surface area contributed by atoms with Crippen LogP contribution in [0.1, 0.15) is 116 Å². The van der Waals surface area contributed by atoms with Crippen molar-refractivity contribution in [3.63, 3.8) is 0 Å². The van der Waals surface area contributed by atoms with Crippen LogP contribution in [0.15, 0.2) is 48.5 Å². The number of nitrogens with zero attached hydrogens (tertiary/aromatic N) is 1. The van der Waals surface area contributed by atoms with Gasteiger partial charge in [0.05, 0.1) is 13.3 Å². The van der Waals surface area contributed by atoms with Gasteiger partial charge in [-0.3, -0.25) is 4.79 Å². The van der Waals surface area contributed by atoms with Crippen LogP contribution in [0.4, 0.5) is 4.79 Å². The van der Waals surface area contributed by atoms with Crippen LogP contribution in [0.25, 0.3) is 0 Å². The fraction of sp³-hybridized carbons (Fsp3) is 0.600. The Hall–Kier alpha value is -3.42. The first-order valence-corrected chi connectivity index (χ1v) is 16.5. The number of carbonyl (C=O) groups is 2. The van der Waals surface area contributed by atoms with Gasteiger partial charge in [-0.25, -0.2) is 4.79 Å². The Morgan fingerprint density at radius 1 is 0.698 bits per heavy atom. The molecule has 0 spiro atoms. The van der Waals surface area contributed by atoms with Crippen molar-refractivity contribution in [1.82, 2.24) is 10.2 Å². The quantitative estimate of drug-likeness (QED) is 0.0783. The molecule has 0 heterocycles. The largest absolute Gasteiger partial charge is 0.508 e. The van der Waals surface area contributed by atoms with Crippen molar-refractivity contribution >= 4 is 11.9 Å². The maximum atomic E-state index is 12.2. The molecule has 0 fully saturated rings. The van der Waals surface area contributed by atoms with Gasteiger partial charge in [-0.2, -0.15) is 0 Å². The highest BCUT2D eigenvalue weighted by molar-refractivity contribution is 5.77. The number of rotatable bonds is 25. The molecule has 0 saturated heterocycles. The second kappa shape index (κ2) is 23.1. The van der Waals surface area contributed by atoms with Gasteiger partial charge in [0.2, 0.25) is 5.91 Å². The van der Waals surface area contributed by atoms with E-state index in [1.165, 1.54) is 62.7 Å². The van der Waals surface area contributed by atoms with Gasteiger partial charge in [0.25, 0.3) is 0 Å². The zero-order valence-corrected chi connectivity index (χ0v) is 26.4. The molecule has 4 N–H and O–H groups in total. The highest BCUT2D eigenvalue weighted by Crippen LogP contribution is 2.25. The minimum absolute atomic E-state index is 0.0123. The van der Waals surface area contributed by atoms with Gasteiger partial charge in [0.15, 0.2) is 0 Å². The molecule has 0 aliphatic rings. The van der Waals surface area contributed by atoms with E-state index in [0.717, 1.165) is 56.4 Å². The molecule has 43 heavy (non-hydrogen) atoms. The number of phenolic OH excluding ortho intramolecular Hbond substituents is 1. The van der Waals surface area contributed by atoms with Crippen molar-refractivity contribution in [2.75, 3.05) is 19.8 Å². The molecule has 8 heteroatoms. The first-order chi connectivity index (χ1) is 21.0. The van der Waals surface area contributed by atoms with Gasteiger partial charge in [-0.1, -0.05) is 90.4 Å². The second-order valence-electron chi connectivity index (χ2n) is 11.3. The summed E-state index contributed by atoms with van der Waals surface area (Å²) in [5, 5.41) is 12.2. The van der Waals surface area contributed by atoms with E-state index in [1.807, 2.05) is 24.3 Å². The average molecular weight is 598 g/mol. The molecule has 240 valence electrons. The van der Waals surface area contributed by atoms with Crippen LogP contribution in [0.5, 0.6) is 23.0 Å². The molecule has 0 unspecified atom stereocenters. The number of hydrogen-bond acceptors (Lipinski definition) is 5. The highest BCUT2D eigenvalue weighted by Gasteiger charge is 2.10. The van der Waals surface area contributed by atoms with Gasteiger partial charge >= 0.3 is 6.03 Å². The summed E-state index contributed by atoms with van der Waals surface area (Å²) in [6, 6.07) is 13.7. The van der Waals surface area contributed by atoms with E-state index >= 15 is 0 Å². The minimum Gasteiger partial charge on any atom is -0.508 e. The van der Waals surface area contributed by atoms with Gasteiger partial charge in [0.1, 0.15) is 23.0 Å². The zero-order valence-electron chi connectivity index (χ0n) is 26.4. The third-order valence-electron chi connectivity index (χ3n) is 7.52. The van der Waals surface area contributed by atoms with Crippen molar-refractivity contribution in [1.29, 1.82) is 0 Å². The van der Waals surface area contributed by atoms with Gasteiger partial charge < -0.3 is 30.5 Å². The standard InChI is InChI=1S/C35H55N3O5/c1-2-3-4-5-6-10-13-16-27-38(35(36)41)29-37-34(40)18-15-12-9-7-8-11-14-17-28-42-31-23-25-33(26-24-31)43-32-21-19-30(39)20-22-32/h19-26,39H,2-18,27-29H2,1H3,(H2,36,41)(H,37,40). The van der Waals surface area contributed by atoms with Crippen LogP contribution in [-0.2, 0) is 4.79 Å². The van der Waals surface area contributed by atoms with Crippen LogP contribution in [0, 0.1) is 0 Å². The number of unbranched alkanes of at least 4 members (excludes halogenated alkanes) is 14. The third kappa shape index (κ3) is 18.0. The Kier molecular flexibility index (Phi) is 19.2. The summed E-state index contributed by atoms with van der Waals surface area (Å²) in [6.45, 7) is 3.72. The van der Waals surface area contributed by atoms with Crippen LogP contribution in [-0.4, -0.2) is 41.8 Å². The summed E-state index contributed by atoms with van der Waals surface area (Å²) in [6.07, 6.45) is 18.9. The van der Waals surface area contributed by atoms with Crippen LogP contribution >= 0.6 is 0 Å². The number of hydrogen-bond donors (Lipinski definition) is 3. The lowest BCUT2D eigenvalue weighted by molar-refractivity contribution is -0.121. The molecule has 0 aliphatic carbocycles. The molecule has 0 aromatic heterocycles. The Bertz CT molecular complexity index is 998. The molecule has 2 rings (SSSR count). The number of amides is 3. The van der Waals surface area contributed by atoms with Crippen molar-refractivity contribution in [2.24, 2.45) is 5.73 Å². The van der Waals surface area contributed by atoms with E-state index in [4.69, 9.17) is 15.2 Å². The maximum Gasteiger partial charge on any atom is 0.316 e. The fourth-order valence-corrected chi connectivity index (χ4v) is 4.87. The van der Waals surface area contributed by atoms with Crippen LogP contribution < -0.4 is 20.5 Å². The van der Waals surface area contributed by atoms with E-state index in [2.05, 4.69) is 12.2 Å². The lowest BCUT2D eigenvalue weighted by Gasteiger charge is -2.20. The monoisotopic (exact) mass is 597 g/mol. The first kappa shape index (κ1) is 35.8. The number of aromatic hydroxyl groups is 1. The lowest BCUT2D eigenvalue weighted by Crippen LogP contribution is -2.44. The summed E-state index contributed by atoms with van der Waals surface area (Å²) in [7, 11) is 0. The van der Waals surface area contributed by atoms with Crippen LogP contribution in [0.3, 0.4) is 0 Å². The summed E-state index contributed by atoms with van der Waals surface area (Å²) >= 11 is 0. The molecular weight excluding hydrogens is 542 g/mol. The van der Waals surface area contributed by atoms with Crippen LogP contribution in [0.2, 0.25) is 0 Å². The summed E-state index contributed by atoms with van der Waals surface area (Å²) < 4.78 is 11.6. The molecule has 0 radical (unpaired) electrons. The van der Waals surface area contributed by atoms with Crippen molar-refractivity contribution in [3.8, 4) is 23.0 Å². The van der Waals surface area contributed by atoms with E-state index in [1.54, 1.807) is 24.3 Å². The summed E-state index contributed by atoms with van der Waals surface area (Å²) in [5.41, 5.74) is 5.50. The highest BCUT2D eigenvalue weighted by atomic mass is 16.5. The van der Waals surface area contributed by atoms with E-state index < -0.39 is 6.03 Å². The third-order valence-corrected chi connectivity index (χ3v) is 7.52. The number of benzene rings is 2. The Balaban J connectivity index is 1.40. The predicted molar refractivity (Wildman–Crippen MR) is 174 cm³/mol. The molecule has 0 saturated carbocycles. The number of ether oxygens (including phenoxy) is 2. The average Bonchev–Trinajstić information content (AvgIpc) is 3.00.